The molecule has 0 aliphatic carbocycles. The lowest BCUT2D eigenvalue weighted by atomic mass is 10.1. The largest absolute Gasteiger partial charge is 0.378 e. The summed E-state index contributed by atoms with van der Waals surface area (Å²) in [6.07, 6.45) is 2.61. The molecule has 0 spiro atoms. The van der Waals surface area contributed by atoms with Gasteiger partial charge in [0.15, 0.2) is 0 Å². The number of halogens is 2. The van der Waals surface area contributed by atoms with Crippen LogP contribution in [0.1, 0.15) is 23.2 Å². The third kappa shape index (κ3) is 4.04. The van der Waals surface area contributed by atoms with Gasteiger partial charge in [-0.15, -0.1) is 0 Å². The SMILES string of the molecule is O=C(CCc1ccc(Cl)c(F)c1)N1Cc2cnc(N3CCOCC3)nc2C1. The van der Waals surface area contributed by atoms with Crippen molar-refractivity contribution in [1.82, 2.24) is 14.9 Å². The van der Waals surface area contributed by atoms with Crippen LogP contribution in [0.15, 0.2) is 24.4 Å². The number of ether oxygens (including phenoxy) is 1. The lowest BCUT2D eigenvalue weighted by molar-refractivity contribution is -0.131. The number of amides is 1. The van der Waals surface area contributed by atoms with Crippen LogP contribution < -0.4 is 4.90 Å². The molecule has 2 aromatic rings. The maximum absolute atomic E-state index is 13.5. The van der Waals surface area contributed by atoms with Gasteiger partial charge in [-0.25, -0.2) is 14.4 Å². The number of hydrogen-bond donors (Lipinski definition) is 0. The fourth-order valence-electron chi connectivity index (χ4n) is 3.34. The van der Waals surface area contributed by atoms with E-state index in [-0.39, 0.29) is 10.9 Å². The Morgan fingerprint density at radius 1 is 1.26 bits per heavy atom. The van der Waals surface area contributed by atoms with Gasteiger partial charge >= 0.3 is 0 Å². The summed E-state index contributed by atoms with van der Waals surface area (Å²) in [6.45, 7) is 3.92. The molecule has 1 aromatic carbocycles. The molecular formula is C19H20ClFN4O2. The molecule has 1 aromatic heterocycles. The van der Waals surface area contributed by atoms with Crippen LogP contribution >= 0.6 is 11.6 Å². The molecule has 0 bridgehead atoms. The lowest BCUT2D eigenvalue weighted by Gasteiger charge is -2.26. The average Bonchev–Trinajstić information content (AvgIpc) is 3.13. The summed E-state index contributed by atoms with van der Waals surface area (Å²) in [5.74, 6) is 0.264. The molecule has 0 unspecified atom stereocenters. The predicted molar refractivity (Wildman–Crippen MR) is 99.0 cm³/mol. The van der Waals surface area contributed by atoms with Crippen LogP contribution in [0.25, 0.3) is 0 Å². The normalized spacial score (nSPS) is 16.5. The van der Waals surface area contributed by atoms with Gasteiger partial charge in [-0.2, -0.15) is 0 Å². The molecule has 142 valence electrons. The van der Waals surface area contributed by atoms with Crippen molar-refractivity contribution in [3.8, 4) is 0 Å². The van der Waals surface area contributed by atoms with Gasteiger partial charge in [0.25, 0.3) is 0 Å². The zero-order valence-corrected chi connectivity index (χ0v) is 15.6. The van der Waals surface area contributed by atoms with Gasteiger partial charge in [0.1, 0.15) is 5.82 Å². The van der Waals surface area contributed by atoms with Crippen LogP contribution in [-0.4, -0.2) is 47.1 Å². The van der Waals surface area contributed by atoms with Crippen LogP contribution in [0.2, 0.25) is 5.02 Å². The molecule has 2 aliphatic heterocycles. The van der Waals surface area contributed by atoms with Crippen molar-refractivity contribution in [3.63, 3.8) is 0 Å². The highest BCUT2D eigenvalue weighted by Gasteiger charge is 2.26. The van der Waals surface area contributed by atoms with E-state index in [2.05, 4.69) is 14.9 Å². The van der Waals surface area contributed by atoms with Crippen LogP contribution in [0.3, 0.4) is 0 Å². The number of fused-ring (bicyclic) bond motifs is 1. The molecular weight excluding hydrogens is 371 g/mol. The van der Waals surface area contributed by atoms with Crippen molar-refractivity contribution in [3.05, 3.63) is 52.1 Å². The third-order valence-corrected chi connectivity index (χ3v) is 5.21. The van der Waals surface area contributed by atoms with E-state index in [1.54, 1.807) is 11.0 Å². The van der Waals surface area contributed by atoms with Crippen molar-refractivity contribution >= 4 is 23.5 Å². The van der Waals surface area contributed by atoms with Crippen LogP contribution in [0.4, 0.5) is 10.3 Å². The van der Waals surface area contributed by atoms with Crippen LogP contribution in [-0.2, 0) is 29.0 Å². The molecule has 0 atom stereocenters. The van der Waals surface area contributed by atoms with Gasteiger partial charge in [-0.05, 0) is 24.1 Å². The molecule has 1 amide bonds. The summed E-state index contributed by atoms with van der Waals surface area (Å²) in [5.41, 5.74) is 2.65. The minimum atomic E-state index is -0.457. The number of aromatic nitrogens is 2. The van der Waals surface area contributed by atoms with E-state index < -0.39 is 5.82 Å². The molecule has 1 fully saturated rings. The zero-order valence-electron chi connectivity index (χ0n) is 14.8. The number of benzene rings is 1. The highest BCUT2D eigenvalue weighted by atomic mass is 35.5. The third-order valence-electron chi connectivity index (χ3n) is 4.90. The molecule has 0 N–H and O–H groups in total. The summed E-state index contributed by atoms with van der Waals surface area (Å²) in [7, 11) is 0. The topological polar surface area (TPSA) is 58.6 Å². The zero-order chi connectivity index (χ0) is 18.8. The first-order valence-corrected chi connectivity index (χ1v) is 9.37. The van der Waals surface area contributed by atoms with Crippen molar-refractivity contribution in [2.45, 2.75) is 25.9 Å². The fourth-order valence-corrected chi connectivity index (χ4v) is 3.46. The van der Waals surface area contributed by atoms with Gasteiger partial charge in [-0.1, -0.05) is 17.7 Å². The Kier molecular flexibility index (Phi) is 5.22. The first-order chi connectivity index (χ1) is 13.1. The number of rotatable bonds is 4. The molecule has 8 heteroatoms. The number of morpholine rings is 1. The van der Waals surface area contributed by atoms with E-state index in [1.807, 2.05) is 6.20 Å². The molecule has 2 aliphatic rings. The average molecular weight is 391 g/mol. The first kappa shape index (κ1) is 18.1. The number of aryl methyl sites for hydroxylation is 1. The molecule has 6 nitrogen and oxygen atoms in total. The number of hydrogen-bond acceptors (Lipinski definition) is 5. The monoisotopic (exact) mass is 390 g/mol. The summed E-state index contributed by atoms with van der Waals surface area (Å²) >= 11 is 5.69. The molecule has 3 heterocycles. The van der Waals surface area contributed by atoms with E-state index in [0.29, 0.717) is 45.1 Å². The van der Waals surface area contributed by atoms with E-state index in [0.717, 1.165) is 29.9 Å². The van der Waals surface area contributed by atoms with Gasteiger partial charge < -0.3 is 14.5 Å². The standard InChI is InChI=1S/C19H20ClFN4O2/c20-15-3-1-13(9-16(15)21)2-4-18(26)25-11-14-10-22-19(23-17(14)12-25)24-5-7-27-8-6-24/h1,3,9-10H,2,4-8,11-12H2. The summed E-state index contributed by atoms with van der Waals surface area (Å²) < 4.78 is 18.9. The Balaban J connectivity index is 1.37. The summed E-state index contributed by atoms with van der Waals surface area (Å²) in [4.78, 5) is 25.5. The Morgan fingerprint density at radius 3 is 2.85 bits per heavy atom. The molecule has 4 rings (SSSR count). The van der Waals surface area contributed by atoms with E-state index in [4.69, 9.17) is 16.3 Å². The quantitative estimate of drug-likeness (QED) is 0.803. The van der Waals surface area contributed by atoms with Gasteiger partial charge in [0.2, 0.25) is 11.9 Å². The van der Waals surface area contributed by atoms with Gasteiger partial charge in [0.05, 0.1) is 30.5 Å². The second-order valence-corrected chi connectivity index (χ2v) is 7.15. The van der Waals surface area contributed by atoms with E-state index in [1.165, 1.54) is 12.1 Å². The number of anilines is 1. The Labute approximate surface area is 161 Å². The Bertz CT molecular complexity index is 858. The highest BCUT2D eigenvalue weighted by molar-refractivity contribution is 6.30. The smallest absolute Gasteiger partial charge is 0.225 e. The van der Waals surface area contributed by atoms with E-state index >= 15 is 0 Å². The maximum atomic E-state index is 13.5. The predicted octanol–water partition coefficient (Wildman–Crippen LogP) is 2.58. The number of carbonyl (C=O) groups is 1. The maximum Gasteiger partial charge on any atom is 0.225 e. The van der Waals surface area contributed by atoms with Gasteiger partial charge in [0, 0.05) is 37.8 Å². The van der Waals surface area contributed by atoms with Crippen LogP contribution in [0.5, 0.6) is 0 Å². The first-order valence-electron chi connectivity index (χ1n) is 8.99. The van der Waals surface area contributed by atoms with Crippen molar-refractivity contribution in [2.75, 3.05) is 31.2 Å². The minimum absolute atomic E-state index is 0.0243. The molecule has 0 radical (unpaired) electrons. The summed E-state index contributed by atoms with van der Waals surface area (Å²) in [6, 6.07) is 4.65. The second-order valence-electron chi connectivity index (χ2n) is 6.74. The highest BCUT2D eigenvalue weighted by Crippen LogP contribution is 2.24. The minimum Gasteiger partial charge on any atom is -0.378 e. The number of carbonyl (C=O) groups excluding carboxylic acids is 1. The van der Waals surface area contributed by atoms with Gasteiger partial charge in [-0.3, -0.25) is 4.79 Å². The lowest BCUT2D eigenvalue weighted by Crippen LogP contribution is -2.37. The Hall–Kier alpha value is -2.25. The molecule has 27 heavy (non-hydrogen) atoms. The summed E-state index contributed by atoms with van der Waals surface area (Å²) in [5, 5.41) is 0.0923. The fraction of sp³-hybridized carbons (Fsp3) is 0.421. The van der Waals surface area contributed by atoms with Crippen molar-refractivity contribution < 1.29 is 13.9 Å². The molecule has 0 saturated carbocycles. The van der Waals surface area contributed by atoms with Crippen LogP contribution in [0, 0.1) is 5.82 Å². The van der Waals surface area contributed by atoms with Crippen molar-refractivity contribution in [2.24, 2.45) is 0 Å². The van der Waals surface area contributed by atoms with Crippen molar-refractivity contribution in [1.29, 1.82) is 0 Å². The molecule has 1 saturated heterocycles. The second kappa shape index (κ2) is 7.78. The Morgan fingerprint density at radius 2 is 2.07 bits per heavy atom. The van der Waals surface area contributed by atoms with E-state index in [9.17, 15) is 9.18 Å². The number of nitrogens with zero attached hydrogens (tertiary/aromatic N) is 4.